The summed E-state index contributed by atoms with van der Waals surface area (Å²) in [5, 5.41) is 13.7. The highest BCUT2D eigenvalue weighted by Gasteiger charge is 2.36. The molecule has 1 aromatic rings. The Kier molecular flexibility index (Phi) is 5.84. The number of nitrogens with zero attached hydrogens (tertiary/aromatic N) is 6. The topological polar surface area (TPSA) is 130 Å². The number of hydrogen-bond acceptors (Lipinski definition) is 8. The zero-order chi connectivity index (χ0) is 17.7. The summed E-state index contributed by atoms with van der Waals surface area (Å²) in [4.78, 5) is 49.0. The Morgan fingerprint density at radius 2 is 2.12 bits per heavy atom. The van der Waals surface area contributed by atoms with Gasteiger partial charge in [0.05, 0.1) is 0 Å². The van der Waals surface area contributed by atoms with Crippen molar-refractivity contribution in [3.63, 3.8) is 0 Å². The van der Waals surface area contributed by atoms with Gasteiger partial charge in [-0.1, -0.05) is 11.8 Å². The van der Waals surface area contributed by atoms with Gasteiger partial charge in [0.1, 0.15) is 6.04 Å². The van der Waals surface area contributed by atoms with Crippen molar-refractivity contribution in [2.75, 3.05) is 25.4 Å². The Labute approximate surface area is 141 Å². The molecule has 12 heteroatoms. The Bertz CT molecular complexity index is 649. The number of carbonyl (C=O) groups is 3. The first kappa shape index (κ1) is 17.8. The Morgan fingerprint density at radius 1 is 1.38 bits per heavy atom. The number of thioether (sulfide) groups is 1. The lowest BCUT2D eigenvalue weighted by Gasteiger charge is -2.32. The summed E-state index contributed by atoms with van der Waals surface area (Å²) in [7, 11) is 1.64. The Hall–Kier alpha value is -2.50. The van der Waals surface area contributed by atoms with Crippen LogP contribution in [0.25, 0.3) is 0 Å². The Morgan fingerprint density at radius 3 is 2.71 bits per heavy atom. The predicted molar refractivity (Wildman–Crippen MR) is 81.5 cm³/mol. The van der Waals surface area contributed by atoms with Gasteiger partial charge in [-0.25, -0.2) is 9.48 Å². The predicted octanol–water partition coefficient (Wildman–Crippen LogP) is -1.82. The van der Waals surface area contributed by atoms with Crippen molar-refractivity contribution < 1.29 is 19.2 Å². The average molecular weight is 354 g/mol. The largest absolute Gasteiger partial charge is 0.333 e. The summed E-state index contributed by atoms with van der Waals surface area (Å²) in [6.45, 7) is 2.49. The molecule has 1 N–H and O–H groups in total. The zero-order valence-electron chi connectivity index (χ0n) is 13.1. The molecule has 11 nitrogen and oxygen atoms in total. The number of urea groups is 1. The molecule has 1 radical (unpaired) electrons. The monoisotopic (exact) mass is 354 g/mol. The van der Waals surface area contributed by atoms with Crippen molar-refractivity contribution in [2.45, 2.75) is 18.1 Å². The van der Waals surface area contributed by atoms with Crippen LogP contribution in [0.4, 0.5) is 4.79 Å². The number of hydrogen-bond donors (Lipinski definition) is 1. The summed E-state index contributed by atoms with van der Waals surface area (Å²) in [6.07, 6.45) is 1.69. The van der Waals surface area contributed by atoms with E-state index in [0.717, 1.165) is 16.7 Å². The fourth-order valence-corrected chi connectivity index (χ4v) is 2.79. The number of likely N-dealkylation sites (N-methyl/N-ethyl adjacent to an activating group) is 1. The number of rotatable bonds is 6. The Balaban J connectivity index is 1.92. The highest BCUT2D eigenvalue weighted by molar-refractivity contribution is 7.99. The van der Waals surface area contributed by atoms with E-state index in [2.05, 4.69) is 20.8 Å². The van der Waals surface area contributed by atoms with Crippen molar-refractivity contribution in [1.29, 1.82) is 0 Å². The lowest BCUT2D eigenvalue weighted by Crippen LogP contribution is -2.59. The lowest BCUT2D eigenvalue weighted by molar-refractivity contribution is -0.153. The molecule has 0 saturated carbocycles. The van der Waals surface area contributed by atoms with E-state index in [-0.39, 0.29) is 18.8 Å². The molecule has 1 aliphatic heterocycles. The SMILES string of the molecule is CCN1CCN(C(=O)NC([C]=O)CSc2nnnn2C)C(=O)C1=O. The van der Waals surface area contributed by atoms with Crippen LogP contribution in [0.1, 0.15) is 6.92 Å². The number of amides is 4. The van der Waals surface area contributed by atoms with E-state index in [4.69, 9.17) is 0 Å². The van der Waals surface area contributed by atoms with E-state index in [9.17, 15) is 19.2 Å². The van der Waals surface area contributed by atoms with Crippen molar-refractivity contribution in [3.8, 4) is 0 Å². The summed E-state index contributed by atoms with van der Waals surface area (Å²) in [5.74, 6) is -1.50. The minimum absolute atomic E-state index is 0.0795. The number of carbonyl (C=O) groups excluding carboxylic acids is 4. The summed E-state index contributed by atoms with van der Waals surface area (Å²) >= 11 is 1.15. The maximum absolute atomic E-state index is 12.1. The van der Waals surface area contributed by atoms with Crippen LogP contribution < -0.4 is 5.32 Å². The first-order chi connectivity index (χ1) is 11.5. The van der Waals surface area contributed by atoms with Gasteiger partial charge in [0.25, 0.3) is 0 Å². The van der Waals surface area contributed by atoms with E-state index in [1.807, 2.05) is 0 Å². The third-order valence-corrected chi connectivity index (χ3v) is 4.44. The molecule has 1 fully saturated rings. The lowest BCUT2D eigenvalue weighted by atomic mass is 10.3. The fraction of sp³-hybridized carbons (Fsp3) is 0.583. The number of nitrogens with one attached hydrogen (secondary N) is 1. The zero-order valence-corrected chi connectivity index (χ0v) is 13.9. The minimum Gasteiger partial charge on any atom is -0.333 e. The van der Waals surface area contributed by atoms with Crippen LogP contribution in [0, 0.1) is 0 Å². The molecule has 2 rings (SSSR count). The molecule has 2 heterocycles. The molecule has 0 aromatic carbocycles. The van der Waals surface area contributed by atoms with Crippen LogP contribution in [-0.4, -0.2) is 85.6 Å². The fourth-order valence-electron chi connectivity index (χ4n) is 2.00. The van der Waals surface area contributed by atoms with Gasteiger partial charge < -0.3 is 10.2 Å². The number of tetrazole rings is 1. The van der Waals surface area contributed by atoms with Crippen molar-refractivity contribution in [2.24, 2.45) is 7.05 Å². The van der Waals surface area contributed by atoms with E-state index in [1.54, 1.807) is 20.3 Å². The first-order valence-electron chi connectivity index (χ1n) is 7.12. The van der Waals surface area contributed by atoms with Crippen molar-refractivity contribution in [1.82, 2.24) is 35.3 Å². The van der Waals surface area contributed by atoms with Crippen molar-refractivity contribution in [3.05, 3.63) is 0 Å². The molecule has 0 bridgehead atoms. The molecule has 1 aliphatic rings. The average Bonchev–Trinajstić information content (AvgIpc) is 2.98. The van der Waals surface area contributed by atoms with E-state index in [1.165, 1.54) is 9.58 Å². The van der Waals surface area contributed by atoms with Crippen LogP contribution >= 0.6 is 11.8 Å². The number of piperazine rings is 1. The van der Waals surface area contributed by atoms with Crippen LogP contribution in [0.2, 0.25) is 0 Å². The maximum atomic E-state index is 12.1. The molecule has 1 unspecified atom stereocenters. The summed E-state index contributed by atoms with van der Waals surface area (Å²) in [5.41, 5.74) is 0. The highest BCUT2D eigenvalue weighted by Crippen LogP contribution is 2.13. The number of aromatic nitrogens is 4. The van der Waals surface area contributed by atoms with Gasteiger partial charge >= 0.3 is 17.8 Å². The third kappa shape index (κ3) is 3.88. The second kappa shape index (κ2) is 7.86. The highest BCUT2D eigenvalue weighted by atomic mass is 32.2. The quantitative estimate of drug-likeness (QED) is 0.467. The molecular formula is C12H16N7O4S. The van der Waals surface area contributed by atoms with E-state index in [0.29, 0.717) is 11.7 Å². The molecule has 1 atom stereocenters. The molecule has 1 aromatic heterocycles. The second-order valence-corrected chi connectivity index (χ2v) is 5.84. The summed E-state index contributed by atoms with van der Waals surface area (Å²) in [6, 6.07) is -1.76. The maximum Gasteiger partial charge on any atom is 0.325 e. The molecule has 1 saturated heterocycles. The standard InChI is InChI=1S/C12H16N7O4S/c1-3-18-4-5-19(10(22)9(18)21)11(23)13-8(6-20)7-24-12-14-15-16-17(12)2/h8H,3-5,7H2,1-2H3,(H,13,23). The number of aryl methyl sites for hydroxylation is 1. The van der Waals surface area contributed by atoms with Gasteiger partial charge in [0, 0.05) is 32.4 Å². The third-order valence-electron chi connectivity index (χ3n) is 3.34. The van der Waals surface area contributed by atoms with Crippen LogP contribution in [-0.2, 0) is 21.4 Å². The molecule has 4 amide bonds. The number of imide groups is 1. The van der Waals surface area contributed by atoms with Crippen LogP contribution in [0.15, 0.2) is 5.16 Å². The normalized spacial score (nSPS) is 16.2. The van der Waals surface area contributed by atoms with Gasteiger partial charge in [-0.05, 0) is 17.4 Å². The smallest absolute Gasteiger partial charge is 0.325 e. The molecule has 24 heavy (non-hydrogen) atoms. The molecule has 0 spiro atoms. The van der Waals surface area contributed by atoms with Gasteiger partial charge in [-0.15, -0.1) is 5.10 Å². The van der Waals surface area contributed by atoms with Gasteiger partial charge in [0.2, 0.25) is 11.4 Å². The molecule has 129 valence electrons. The van der Waals surface area contributed by atoms with Crippen LogP contribution in [0.3, 0.4) is 0 Å². The van der Waals surface area contributed by atoms with Crippen LogP contribution in [0.5, 0.6) is 0 Å². The molecular weight excluding hydrogens is 338 g/mol. The minimum atomic E-state index is -0.966. The van der Waals surface area contributed by atoms with E-state index < -0.39 is 23.9 Å². The van der Waals surface area contributed by atoms with Gasteiger partial charge in [-0.3, -0.25) is 19.3 Å². The first-order valence-corrected chi connectivity index (χ1v) is 8.10. The van der Waals surface area contributed by atoms with Gasteiger partial charge in [0.15, 0.2) is 0 Å². The van der Waals surface area contributed by atoms with E-state index >= 15 is 0 Å². The summed E-state index contributed by atoms with van der Waals surface area (Å²) < 4.78 is 1.42. The van der Waals surface area contributed by atoms with Crippen molar-refractivity contribution >= 4 is 35.9 Å². The second-order valence-electron chi connectivity index (χ2n) is 4.86. The van der Waals surface area contributed by atoms with Gasteiger partial charge in [-0.2, -0.15) is 0 Å². The molecule has 0 aliphatic carbocycles.